The van der Waals surface area contributed by atoms with Crippen molar-refractivity contribution in [2.75, 3.05) is 11.9 Å². The molecule has 0 atom stereocenters. The monoisotopic (exact) mass is 221 g/mol. The Bertz CT molecular complexity index is 350. The van der Waals surface area contributed by atoms with E-state index in [1.165, 1.54) is 0 Å². The van der Waals surface area contributed by atoms with Crippen molar-refractivity contribution in [1.29, 1.82) is 0 Å². The van der Waals surface area contributed by atoms with Gasteiger partial charge in [-0.1, -0.05) is 13.8 Å². The van der Waals surface area contributed by atoms with Gasteiger partial charge in [0.2, 0.25) is 5.91 Å². The predicted octanol–water partition coefficient (Wildman–Crippen LogP) is 1.72. The molecule has 1 rings (SSSR count). The number of hydrogen-bond donors (Lipinski definition) is 2. The van der Waals surface area contributed by atoms with Gasteiger partial charge in [-0.15, -0.1) is 0 Å². The van der Waals surface area contributed by atoms with Crippen LogP contribution >= 0.6 is 0 Å². The molecular weight excluding hydrogens is 202 g/mol. The summed E-state index contributed by atoms with van der Waals surface area (Å²) in [6.07, 6.45) is 2.18. The summed E-state index contributed by atoms with van der Waals surface area (Å²) in [5.41, 5.74) is 1.71. The molecule has 1 aromatic heterocycles. The zero-order valence-electron chi connectivity index (χ0n) is 10.1. The van der Waals surface area contributed by atoms with E-state index in [0.717, 1.165) is 11.4 Å². The number of amides is 1. The van der Waals surface area contributed by atoms with E-state index in [4.69, 9.17) is 0 Å². The number of nitrogens with zero attached hydrogens (tertiary/aromatic N) is 1. The summed E-state index contributed by atoms with van der Waals surface area (Å²) in [7, 11) is 0. The third kappa shape index (κ3) is 4.89. The zero-order chi connectivity index (χ0) is 12.0. The van der Waals surface area contributed by atoms with Crippen molar-refractivity contribution in [3.8, 4) is 0 Å². The molecule has 1 heterocycles. The van der Waals surface area contributed by atoms with Crippen molar-refractivity contribution >= 4 is 11.6 Å². The molecule has 0 fully saturated rings. The average Bonchev–Trinajstić information content (AvgIpc) is 2.16. The first-order valence-electron chi connectivity index (χ1n) is 5.54. The van der Waals surface area contributed by atoms with Crippen molar-refractivity contribution in [2.45, 2.75) is 33.2 Å². The zero-order valence-corrected chi connectivity index (χ0v) is 10.1. The summed E-state index contributed by atoms with van der Waals surface area (Å²) in [5.74, 6) is 0.0266. The lowest BCUT2D eigenvalue weighted by molar-refractivity contribution is -0.116. The largest absolute Gasteiger partial charge is 0.326 e. The third-order valence-corrected chi connectivity index (χ3v) is 2.09. The van der Waals surface area contributed by atoms with Crippen LogP contribution in [0.5, 0.6) is 0 Å². The highest BCUT2D eigenvalue weighted by atomic mass is 16.1. The second-order valence-corrected chi connectivity index (χ2v) is 4.09. The molecule has 2 N–H and O–H groups in total. The molecular formula is C12H19N3O. The smallest absolute Gasteiger partial charge is 0.225 e. The minimum absolute atomic E-state index is 0.0266. The average molecular weight is 221 g/mol. The number of nitrogens with one attached hydrogen (secondary N) is 2. The van der Waals surface area contributed by atoms with E-state index in [2.05, 4.69) is 29.5 Å². The van der Waals surface area contributed by atoms with Crippen LogP contribution in [-0.2, 0) is 4.79 Å². The van der Waals surface area contributed by atoms with Crippen molar-refractivity contribution in [3.63, 3.8) is 0 Å². The molecule has 1 aromatic rings. The molecule has 0 aliphatic rings. The molecule has 0 aliphatic carbocycles. The van der Waals surface area contributed by atoms with Crippen LogP contribution in [0.2, 0.25) is 0 Å². The first-order valence-corrected chi connectivity index (χ1v) is 5.54. The van der Waals surface area contributed by atoms with E-state index in [9.17, 15) is 4.79 Å². The van der Waals surface area contributed by atoms with Crippen LogP contribution in [0.3, 0.4) is 0 Å². The van der Waals surface area contributed by atoms with Gasteiger partial charge in [-0.25, -0.2) is 0 Å². The molecule has 0 radical (unpaired) electrons. The molecule has 0 unspecified atom stereocenters. The Balaban J connectivity index is 2.34. The van der Waals surface area contributed by atoms with Gasteiger partial charge in [0, 0.05) is 36.6 Å². The van der Waals surface area contributed by atoms with Crippen LogP contribution in [0.15, 0.2) is 18.3 Å². The van der Waals surface area contributed by atoms with Gasteiger partial charge >= 0.3 is 0 Å². The molecule has 16 heavy (non-hydrogen) atoms. The van der Waals surface area contributed by atoms with Gasteiger partial charge < -0.3 is 10.6 Å². The number of carbonyl (C=O) groups is 1. The topological polar surface area (TPSA) is 54.0 Å². The van der Waals surface area contributed by atoms with Gasteiger partial charge in [0.25, 0.3) is 0 Å². The van der Waals surface area contributed by atoms with E-state index in [1.54, 1.807) is 12.3 Å². The maximum Gasteiger partial charge on any atom is 0.225 e. The van der Waals surface area contributed by atoms with Crippen LogP contribution in [0, 0.1) is 6.92 Å². The molecule has 0 saturated heterocycles. The number of aromatic nitrogens is 1. The minimum Gasteiger partial charge on any atom is -0.326 e. The number of aryl methyl sites for hydroxylation is 1. The summed E-state index contributed by atoms with van der Waals surface area (Å²) in [5, 5.41) is 6.04. The summed E-state index contributed by atoms with van der Waals surface area (Å²) in [4.78, 5) is 15.6. The van der Waals surface area contributed by atoms with Crippen LogP contribution in [0.25, 0.3) is 0 Å². The highest BCUT2D eigenvalue weighted by Crippen LogP contribution is 2.06. The highest BCUT2D eigenvalue weighted by molar-refractivity contribution is 5.90. The Morgan fingerprint density at radius 3 is 2.88 bits per heavy atom. The number of pyridine rings is 1. The maximum atomic E-state index is 11.5. The van der Waals surface area contributed by atoms with E-state index in [0.29, 0.717) is 19.0 Å². The Morgan fingerprint density at radius 1 is 1.50 bits per heavy atom. The normalized spacial score (nSPS) is 10.5. The van der Waals surface area contributed by atoms with Gasteiger partial charge in [-0.3, -0.25) is 9.78 Å². The SMILES string of the molecule is Cc1cc(NC(=O)CCNC(C)C)ccn1. The second-order valence-electron chi connectivity index (χ2n) is 4.09. The van der Waals surface area contributed by atoms with Crippen molar-refractivity contribution in [1.82, 2.24) is 10.3 Å². The molecule has 0 aliphatic heterocycles. The van der Waals surface area contributed by atoms with Gasteiger partial charge in [0.15, 0.2) is 0 Å². The molecule has 4 nitrogen and oxygen atoms in total. The number of hydrogen-bond acceptors (Lipinski definition) is 3. The Kier molecular flexibility index (Phi) is 4.92. The molecule has 0 saturated carbocycles. The van der Waals surface area contributed by atoms with Crippen LogP contribution in [0.1, 0.15) is 26.0 Å². The van der Waals surface area contributed by atoms with Gasteiger partial charge in [-0.05, 0) is 19.1 Å². The Labute approximate surface area is 96.5 Å². The quantitative estimate of drug-likeness (QED) is 0.796. The standard InChI is InChI=1S/C12H19N3O/c1-9(2)13-7-5-12(16)15-11-4-6-14-10(3)8-11/h4,6,8-9,13H,5,7H2,1-3H3,(H,14,15,16). The molecule has 4 heteroatoms. The fourth-order valence-electron chi connectivity index (χ4n) is 1.32. The Hall–Kier alpha value is -1.42. The lowest BCUT2D eigenvalue weighted by Gasteiger charge is -2.08. The van der Waals surface area contributed by atoms with Crippen molar-refractivity contribution in [2.24, 2.45) is 0 Å². The van der Waals surface area contributed by atoms with Gasteiger partial charge in [0.1, 0.15) is 0 Å². The minimum atomic E-state index is 0.0266. The first kappa shape index (κ1) is 12.6. The predicted molar refractivity (Wildman–Crippen MR) is 65.4 cm³/mol. The second kappa shape index (κ2) is 6.23. The Morgan fingerprint density at radius 2 is 2.25 bits per heavy atom. The lowest BCUT2D eigenvalue weighted by Crippen LogP contribution is -2.27. The number of carbonyl (C=O) groups excluding carboxylic acids is 1. The lowest BCUT2D eigenvalue weighted by atomic mass is 10.3. The maximum absolute atomic E-state index is 11.5. The van der Waals surface area contributed by atoms with Crippen LogP contribution in [-0.4, -0.2) is 23.5 Å². The van der Waals surface area contributed by atoms with Crippen LogP contribution in [0.4, 0.5) is 5.69 Å². The first-order chi connectivity index (χ1) is 7.58. The summed E-state index contributed by atoms with van der Waals surface area (Å²) in [6, 6.07) is 4.06. The summed E-state index contributed by atoms with van der Waals surface area (Å²) in [6.45, 7) is 6.72. The fraction of sp³-hybridized carbons (Fsp3) is 0.500. The number of anilines is 1. The number of rotatable bonds is 5. The molecule has 0 aromatic carbocycles. The fourth-order valence-corrected chi connectivity index (χ4v) is 1.32. The van der Waals surface area contributed by atoms with E-state index in [1.807, 2.05) is 13.0 Å². The molecule has 88 valence electrons. The van der Waals surface area contributed by atoms with Gasteiger partial charge in [-0.2, -0.15) is 0 Å². The highest BCUT2D eigenvalue weighted by Gasteiger charge is 2.02. The summed E-state index contributed by atoms with van der Waals surface area (Å²) >= 11 is 0. The van der Waals surface area contributed by atoms with E-state index in [-0.39, 0.29) is 5.91 Å². The summed E-state index contributed by atoms with van der Waals surface area (Å²) < 4.78 is 0. The third-order valence-electron chi connectivity index (χ3n) is 2.09. The van der Waals surface area contributed by atoms with Crippen LogP contribution < -0.4 is 10.6 Å². The molecule has 0 bridgehead atoms. The van der Waals surface area contributed by atoms with Crippen molar-refractivity contribution in [3.05, 3.63) is 24.0 Å². The van der Waals surface area contributed by atoms with Gasteiger partial charge in [0.05, 0.1) is 0 Å². The molecule has 0 spiro atoms. The van der Waals surface area contributed by atoms with Crippen molar-refractivity contribution < 1.29 is 4.79 Å². The van der Waals surface area contributed by atoms with E-state index >= 15 is 0 Å². The molecule has 1 amide bonds. The van der Waals surface area contributed by atoms with E-state index < -0.39 is 0 Å².